The lowest BCUT2D eigenvalue weighted by Gasteiger charge is -2.23. The molecular formula is C17H18ClN3O. The van der Waals surface area contributed by atoms with Crippen molar-refractivity contribution in [2.75, 3.05) is 11.9 Å². The number of hydrogen-bond acceptors (Lipinski definition) is 3. The highest BCUT2D eigenvalue weighted by molar-refractivity contribution is 6.31. The second-order valence-corrected chi connectivity index (χ2v) is 5.28. The van der Waals surface area contributed by atoms with Gasteiger partial charge in [0.15, 0.2) is 0 Å². The smallest absolute Gasteiger partial charge is 0.243 e. The summed E-state index contributed by atoms with van der Waals surface area (Å²) in [7, 11) is 1.98. The van der Waals surface area contributed by atoms with Gasteiger partial charge in [0.05, 0.1) is 0 Å². The maximum Gasteiger partial charge on any atom is 0.243 e. The van der Waals surface area contributed by atoms with E-state index < -0.39 is 0 Å². The fraction of sp³-hybridized carbons (Fsp3) is 0.176. The van der Waals surface area contributed by atoms with Crippen LogP contribution in [0, 0.1) is 0 Å². The number of hydrogen-bond donors (Lipinski definition) is 1. The van der Waals surface area contributed by atoms with Crippen LogP contribution in [-0.2, 0) is 17.9 Å². The minimum atomic E-state index is -0.221. The third-order valence-electron chi connectivity index (χ3n) is 3.27. The summed E-state index contributed by atoms with van der Waals surface area (Å²) >= 11 is 6.29. The van der Waals surface area contributed by atoms with Crippen LogP contribution in [0.2, 0.25) is 5.02 Å². The molecule has 0 aliphatic rings. The van der Waals surface area contributed by atoms with Gasteiger partial charge in [-0.1, -0.05) is 30.3 Å². The van der Waals surface area contributed by atoms with Crippen molar-refractivity contribution in [3.05, 3.63) is 71.5 Å². The molecule has 1 aromatic carbocycles. The maximum absolute atomic E-state index is 11.4. The Kier molecular flexibility index (Phi) is 5.55. The molecule has 4 nitrogen and oxygen atoms in total. The molecular weight excluding hydrogens is 298 g/mol. The molecule has 0 bridgehead atoms. The average Bonchev–Trinajstić information content (AvgIpc) is 2.54. The number of nitrogens with one attached hydrogen (secondary N) is 1. The van der Waals surface area contributed by atoms with E-state index in [9.17, 15) is 4.79 Å². The molecule has 22 heavy (non-hydrogen) atoms. The first-order chi connectivity index (χ1) is 10.6. The Morgan fingerprint density at radius 1 is 1.41 bits per heavy atom. The van der Waals surface area contributed by atoms with Crippen LogP contribution < -0.4 is 10.2 Å². The zero-order chi connectivity index (χ0) is 15.9. The van der Waals surface area contributed by atoms with Gasteiger partial charge in [-0.15, -0.1) is 0 Å². The molecule has 0 fully saturated rings. The number of carbonyl (C=O) groups is 1. The number of aromatic nitrogens is 1. The van der Waals surface area contributed by atoms with E-state index in [-0.39, 0.29) is 5.91 Å². The van der Waals surface area contributed by atoms with Crippen molar-refractivity contribution in [3.63, 3.8) is 0 Å². The molecule has 0 radical (unpaired) electrons. The molecule has 1 aromatic heterocycles. The first-order valence-corrected chi connectivity index (χ1v) is 7.27. The summed E-state index contributed by atoms with van der Waals surface area (Å²) in [6.07, 6.45) is 4.83. The molecule has 1 N–H and O–H groups in total. The Labute approximate surface area is 135 Å². The molecule has 0 aliphatic heterocycles. The molecule has 0 unspecified atom stereocenters. The van der Waals surface area contributed by atoms with E-state index in [1.165, 1.54) is 6.08 Å². The molecule has 0 aliphatic carbocycles. The zero-order valence-corrected chi connectivity index (χ0v) is 13.2. The van der Waals surface area contributed by atoms with Gasteiger partial charge < -0.3 is 10.2 Å². The molecule has 2 aromatic rings. The number of pyridine rings is 1. The van der Waals surface area contributed by atoms with Gasteiger partial charge in [0.1, 0.15) is 0 Å². The van der Waals surface area contributed by atoms with Crippen molar-refractivity contribution in [1.82, 2.24) is 10.3 Å². The van der Waals surface area contributed by atoms with Crippen molar-refractivity contribution in [1.29, 1.82) is 0 Å². The number of carbonyl (C=O) groups excluding carboxylic acids is 1. The monoisotopic (exact) mass is 315 g/mol. The largest absolute Gasteiger partial charge is 0.370 e. The predicted molar refractivity (Wildman–Crippen MR) is 89.8 cm³/mol. The number of rotatable bonds is 6. The molecule has 1 heterocycles. The van der Waals surface area contributed by atoms with Gasteiger partial charge in [-0.2, -0.15) is 0 Å². The van der Waals surface area contributed by atoms with E-state index >= 15 is 0 Å². The Morgan fingerprint density at radius 3 is 2.91 bits per heavy atom. The Bertz CT molecular complexity index is 658. The summed E-state index contributed by atoms with van der Waals surface area (Å²) in [6.45, 7) is 4.51. The normalized spacial score (nSPS) is 10.1. The van der Waals surface area contributed by atoms with Crippen molar-refractivity contribution in [2.24, 2.45) is 0 Å². The number of amides is 1. The van der Waals surface area contributed by atoms with Crippen LogP contribution in [0.1, 0.15) is 11.1 Å². The molecule has 1 amide bonds. The van der Waals surface area contributed by atoms with Crippen LogP contribution in [0.15, 0.2) is 55.4 Å². The predicted octanol–water partition coefficient (Wildman–Crippen LogP) is 3.17. The van der Waals surface area contributed by atoms with Gasteiger partial charge in [-0.3, -0.25) is 9.78 Å². The molecule has 0 atom stereocenters. The Morgan fingerprint density at radius 2 is 2.23 bits per heavy atom. The Hall–Kier alpha value is -2.33. The summed E-state index contributed by atoms with van der Waals surface area (Å²) < 4.78 is 0. The molecule has 0 spiro atoms. The van der Waals surface area contributed by atoms with E-state index in [4.69, 9.17) is 11.6 Å². The molecule has 114 valence electrons. The van der Waals surface area contributed by atoms with Crippen LogP contribution in [0.4, 0.5) is 5.69 Å². The topological polar surface area (TPSA) is 45.2 Å². The molecule has 0 saturated carbocycles. The quantitative estimate of drug-likeness (QED) is 0.833. The van der Waals surface area contributed by atoms with Gasteiger partial charge >= 0.3 is 0 Å². The highest BCUT2D eigenvalue weighted by atomic mass is 35.5. The standard InChI is InChI=1S/C17H18ClN3O/c1-3-17(22)20-11-14-15(18)7-4-8-16(14)21(2)12-13-6-5-9-19-10-13/h3-10H,1,11-12H2,2H3,(H,20,22). The van der Waals surface area contributed by atoms with Crippen LogP contribution in [-0.4, -0.2) is 17.9 Å². The lowest BCUT2D eigenvalue weighted by molar-refractivity contribution is -0.116. The number of halogens is 1. The first-order valence-electron chi connectivity index (χ1n) is 6.89. The highest BCUT2D eigenvalue weighted by Gasteiger charge is 2.12. The summed E-state index contributed by atoms with van der Waals surface area (Å²) in [5.41, 5.74) is 2.96. The van der Waals surface area contributed by atoms with Crippen molar-refractivity contribution < 1.29 is 4.79 Å². The fourth-order valence-corrected chi connectivity index (χ4v) is 2.41. The van der Waals surface area contributed by atoms with Gasteiger partial charge in [0.25, 0.3) is 0 Å². The third-order valence-corrected chi connectivity index (χ3v) is 3.63. The second kappa shape index (κ2) is 7.61. The van der Waals surface area contributed by atoms with Gasteiger partial charge in [-0.25, -0.2) is 0 Å². The van der Waals surface area contributed by atoms with Crippen LogP contribution in [0.3, 0.4) is 0 Å². The second-order valence-electron chi connectivity index (χ2n) is 4.88. The minimum Gasteiger partial charge on any atom is -0.370 e. The van der Waals surface area contributed by atoms with E-state index in [1.807, 2.05) is 43.6 Å². The van der Waals surface area contributed by atoms with E-state index in [0.29, 0.717) is 18.1 Å². The SMILES string of the molecule is C=CC(=O)NCc1c(Cl)cccc1N(C)Cc1cccnc1. The van der Waals surface area contributed by atoms with E-state index in [0.717, 1.165) is 16.8 Å². The number of benzene rings is 1. The number of anilines is 1. The van der Waals surface area contributed by atoms with Crippen molar-refractivity contribution in [2.45, 2.75) is 13.1 Å². The number of nitrogens with zero attached hydrogens (tertiary/aromatic N) is 2. The van der Waals surface area contributed by atoms with Crippen molar-refractivity contribution in [3.8, 4) is 0 Å². The van der Waals surface area contributed by atoms with Crippen molar-refractivity contribution >= 4 is 23.2 Å². The third kappa shape index (κ3) is 4.09. The molecule has 2 rings (SSSR count). The fourth-order valence-electron chi connectivity index (χ4n) is 2.18. The van der Waals surface area contributed by atoms with Crippen LogP contribution >= 0.6 is 11.6 Å². The lowest BCUT2D eigenvalue weighted by Crippen LogP contribution is -2.24. The summed E-state index contributed by atoms with van der Waals surface area (Å²) in [5, 5.41) is 3.39. The van der Waals surface area contributed by atoms with E-state index in [2.05, 4.69) is 21.8 Å². The summed E-state index contributed by atoms with van der Waals surface area (Å²) in [4.78, 5) is 17.6. The van der Waals surface area contributed by atoms with Crippen LogP contribution in [0.5, 0.6) is 0 Å². The Balaban J connectivity index is 2.20. The molecule has 5 heteroatoms. The summed E-state index contributed by atoms with van der Waals surface area (Å²) in [6, 6.07) is 9.63. The van der Waals surface area contributed by atoms with Crippen LogP contribution in [0.25, 0.3) is 0 Å². The molecule has 0 saturated heterocycles. The van der Waals surface area contributed by atoms with Gasteiger partial charge in [0, 0.05) is 48.8 Å². The lowest BCUT2D eigenvalue weighted by atomic mass is 10.1. The highest BCUT2D eigenvalue weighted by Crippen LogP contribution is 2.27. The minimum absolute atomic E-state index is 0.221. The maximum atomic E-state index is 11.4. The van der Waals surface area contributed by atoms with Gasteiger partial charge in [0.2, 0.25) is 5.91 Å². The average molecular weight is 316 g/mol. The zero-order valence-electron chi connectivity index (χ0n) is 12.4. The summed E-state index contributed by atoms with van der Waals surface area (Å²) in [5.74, 6) is -0.221. The van der Waals surface area contributed by atoms with E-state index in [1.54, 1.807) is 6.20 Å². The first kappa shape index (κ1) is 16.0. The van der Waals surface area contributed by atoms with Gasteiger partial charge in [-0.05, 0) is 29.8 Å².